The van der Waals surface area contributed by atoms with E-state index in [0.29, 0.717) is 35.6 Å². The van der Waals surface area contributed by atoms with E-state index in [2.05, 4.69) is 33.2 Å². The van der Waals surface area contributed by atoms with Gasteiger partial charge in [0.2, 0.25) is 11.1 Å². The molecule has 7 nitrogen and oxygen atoms in total. The Hall–Kier alpha value is -2.78. The van der Waals surface area contributed by atoms with Crippen molar-refractivity contribution in [1.29, 1.82) is 0 Å². The number of aromatic nitrogens is 3. The number of carbonyl (C=O) groups is 1. The SMILES string of the molecule is CCSc1nc2n(n1)C(c1cc(Br)c(OCc3ccccc3)c(OC)c1)C1=C(CCCC1=O)N2. The third-order valence-corrected chi connectivity index (χ3v) is 7.22. The first kappa shape index (κ1) is 23.0. The van der Waals surface area contributed by atoms with Crippen molar-refractivity contribution in [3.63, 3.8) is 0 Å². The van der Waals surface area contributed by atoms with Crippen molar-refractivity contribution in [3.8, 4) is 11.5 Å². The lowest BCUT2D eigenvalue weighted by molar-refractivity contribution is -0.116. The first-order valence-electron chi connectivity index (χ1n) is 11.3. The Morgan fingerprint density at radius 1 is 1.24 bits per heavy atom. The summed E-state index contributed by atoms with van der Waals surface area (Å²) in [6.45, 7) is 2.49. The van der Waals surface area contributed by atoms with E-state index in [9.17, 15) is 4.79 Å². The average molecular weight is 541 g/mol. The molecule has 3 aromatic rings. The standard InChI is InChI=1S/C25H25BrN4O3S/c1-3-34-25-28-24-27-18-10-7-11-19(31)21(18)22(30(24)29-25)16-12-17(26)23(20(13-16)32-2)33-14-15-8-5-4-6-9-15/h4-6,8-9,12-13,22H,3,7,10-11,14H2,1-2H3,(H,27,28,29). The van der Waals surface area contributed by atoms with Crippen LogP contribution >= 0.6 is 27.7 Å². The Morgan fingerprint density at radius 2 is 2.06 bits per heavy atom. The Bertz CT molecular complexity index is 1260. The number of hydrogen-bond donors (Lipinski definition) is 1. The molecule has 9 heteroatoms. The van der Waals surface area contributed by atoms with Gasteiger partial charge in [-0.25, -0.2) is 4.68 Å². The topological polar surface area (TPSA) is 78.3 Å². The molecule has 1 aliphatic carbocycles. The summed E-state index contributed by atoms with van der Waals surface area (Å²) in [7, 11) is 1.62. The van der Waals surface area contributed by atoms with Crippen molar-refractivity contribution in [3.05, 3.63) is 69.3 Å². The Labute approximate surface area is 211 Å². The summed E-state index contributed by atoms with van der Waals surface area (Å²) < 4.78 is 14.4. The smallest absolute Gasteiger partial charge is 0.227 e. The van der Waals surface area contributed by atoms with Gasteiger partial charge in [-0.15, -0.1) is 5.10 Å². The van der Waals surface area contributed by atoms with Crippen molar-refractivity contribution >= 4 is 39.4 Å². The Balaban J connectivity index is 1.56. The zero-order valence-corrected chi connectivity index (χ0v) is 21.4. The Morgan fingerprint density at radius 3 is 2.82 bits per heavy atom. The van der Waals surface area contributed by atoms with Gasteiger partial charge in [0.25, 0.3) is 0 Å². The summed E-state index contributed by atoms with van der Waals surface area (Å²) >= 11 is 5.26. The summed E-state index contributed by atoms with van der Waals surface area (Å²) in [6, 6.07) is 13.5. The second-order valence-corrected chi connectivity index (χ2v) is 10.2. The van der Waals surface area contributed by atoms with E-state index < -0.39 is 0 Å². The molecule has 1 atom stereocenters. The molecule has 0 saturated carbocycles. The van der Waals surface area contributed by atoms with Crippen LogP contribution in [0.2, 0.25) is 0 Å². The van der Waals surface area contributed by atoms with Crippen LogP contribution in [0.25, 0.3) is 0 Å². The number of carbonyl (C=O) groups excluding carboxylic acids is 1. The number of hydrogen-bond acceptors (Lipinski definition) is 7. The lowest BCUT2D eigenvalue weighted by Crippen LogP contribution is -2.31. The minimum absolute atomic E-state index is 0.143. The fraction of sp³-hybridized carbons (Fsp3) is 0.320. The number of halogens is 1. The molecule has 1 unspecified atom stereocenters. The number of rotatable bonds is 7. The maximum absolute atomic E-state index is 13.1. The van der Waals surface area contributed by atoms with Gasteiger partial charge in [0.15, 0.2) is 17.3 Å². The zero-order chi connectivity index (χ0) is 23.7. The van der Waals surface area contributed by atoms with Crippen molar-refractivity contribution in [2.45, 2.75) is 44.0 Å². The number of ether oxygens (including phenoxy) is 2. The Kier molecular flexibility index (Phi) is 6.65. The fourth-order valence-electron chi connectivity index (χ4n) is 4.40. The molecule has 34 heavy (non-hydrogen) atoms. The summed E-state index contributed by atoms with van der Waals surface area (Å²) in [5, 5.41) is 8.80. The molecule has 2 aliphatic rings. The zero-order valence-electron chi connectivity index (χ0n) is 19.0. The van der Waals surface area contributed by atoms with E-state index in [4.69, 9.17) is 14.6 Å². The molecule has 1 N–H and O–H groups in total. The van der Waals surface area contributed by atoms with Crippen LogP contribution in [0.4, 0.5) is 5.95 Å². The van der Waals surface area contributed by atoms with Gasteiger partial charge in [-0.05, 0) is 57.8 Å². The van der Waals surface area contributed by atoms with Gasteiger partial charge in [0.05, 0.1) is 11.6 Å². The lowest BCUT2D eigenvalue weighted by atomic mass is 9.85. The van der Waals surface area contributed by atoms with Gasteiger partial charge in [-0.1, -0.05) is 49.0 Å². The second kappa shape index (κ2) is 9.84. The van der Waals surface area contributed by atoms with E-state index in [0.717, 1.165) is 45.5 Å². The summed E-state index contributed by atoms with van der Waals surface area (Å²) in [5.41, 5.74) is 3.64. The first-order valence-corrected chi connectivity index (χ1v) is 13.0. The largest absolute Gasteiger partial charge is 0.493 e. The van der Waals surface area contributed by atoms with Crippen LogP contribution in [-0.2, 0) is 11.4 Å². The van der Waals surface area contributed by atoms with E-state index >= 15 is 0 Å². The molecule has 5 rings (SSSR count). The maximum Gasteiger partial charge on any atom is 0.227 e. The van der Waals surface area contributed by atoms with Gasteiger partial charge in [0.1, 0.15) is 12.6 Å². The van der Waals surface area contributed by atoms with Crippen LogP contribution in [0, 0.1) is 0 Å². The van der Waals surface area contributed by atoms with Gasteiger partial charge in [-0.3, -0.25) is 4.79 Å². The highest BCUT2D eigenvalue weighted by atomic mass is 79.9. The van der Waals surface area contributed by atoms with Crippen molar-refractivity contribution in [2.24, 2.45) is 0 Å². The molecule has 0 amide bonds. The molecule has 0 bridgehead atoms. The van der Waals surface area contributed by atoms with Crippen molar-refractivity contribution in [1.82, 2.24) is 14.8 Å². The van der Waals surface area contributed by atoms with Gasteiger partial charge in [-0.2, -0.15) is 4.98 Å². The van der Waals surface area contributed by atoms with Crippen LogP contribution in [0.15, 0.2) is 63.4 Å². The predicted molar refractivity (Wildman–Crippen MR) is 136 cm³/mol. The van der Waals surface area contributed by atoms with Crippen LogP contribution in [0.1, 0.15) is 43.4 Å². The van der Waals surface area contributed by atoms with E-state index in [1.165, 1.54) is 0 Å². The number of allylic oxidation sites excluding steroid dienone is 2. The van der Waals surface area contributed by atoms with Crippen LogP contribution in [0.5, 0.6) is 11.5 Å². The molecular weight excluding hydrogens is 516 g/mol. The molecular formula is C25H25BrN4O3S. The summed E-state index contributed by atoms with van der Waals surface area (Å²) in [4.78, 5) is 17.8. The highest BCUT2D eigenvalue weighted by molar-refractivity contribution is 9.10. The summed E-state index contributed by atoms with van der Waals surface area (Å²) in [6.07, 6.45) is 2.19. The predicted octanol–water partition coefficient (Wildman–Crippen LogP) is 5.76. The maximum atomic E-state index is 13.1. The number of Topliss-reactive ketones (excluding diaryl/α,β-unsaturated/α-hetero) is 1. The number of ketones is 1. The third kappa shape index (κ3) is 4.34. The molecule has 1 aromatic heterocycles. The molecule has 2 heterocycles. The number of anilines is 1. The first-order chi connectivity index (χ1) is 16.6. The number of methoxy groups -OCH3 is 1. The van der Waals surface area contributed by atoms with E-state index in [1.54, 1.807) is 18.9 Å². The minimum Gasteiger partial charge on any atom is -0.493 e. The van der Waals surface area contributed by atoms with Gasteiger partial charge in [0, 0.05) is 17.7 Å². The average Bonchev–Trinajstić information content (AvgIpc) is 3.24. The van der Waals surface area contributed by atoms with E-state index in [1.807, 2.05) is 47.1 Å². The number of thioether (sulfide) groups is 1. The van der Waals surface area contributed by atoms with Crippen molar-refractivity contribution < 1.29 is 14.3 Å². The van der Waals surface area contributed by atoms with E-state index in [-0.39, 0.29) is 11.8 Å². The minimum atomic E-state index is -0.383. The molecule has 1 aliphatic heterocycles. The van der Waals surface area contributed by atoms with Crippen LogP contribution < -0.4 is 14.8 Å². The fourth-order valence-corrected chi connectivity index (χ4v) is 5.53. The summed E-state index contributed by atoms with van der Waals surface area (Å²) in [5.74, 6) is 2.88. The third-order valence-electron chi connectivity index (χ3n) is 5.92. The van der Waals surface area contributed by atoms with Gasteiger partial charge >= 0.3 is 0 Å². The van der Waals surface area contributed by atoms with Crippen LogP contribution in [0.3, 0.4) is 0 Å². The van der Waals surface area contributed by atoms with Crippen molar-refractivity contribution in [2.75, 3.05) is 18.2 Å². The highest BCUT2D eigenvalue weighted by Crippen LogP contribution is 2.45. The van der Waals surface area contributed by atoms with Gasteiger partial charge < -0.3 is 14.8 Å². The quantitative estimate of drug-likeness (QED) is 0.381. The molecule has 176 valence electrons. The lowest BCUT2D eigenvalue weighted by Gasteiger charge is -2.32. The van der Waals surface area contributed by atoms with Crippen LogP contribution in [-0.4, -0.2) is 33.4 Å². The molecule has 0 spiro atoms. The normalized spacial score (nSPS) is 17.1. The monoisotopic (exact) mass is 540 g/mol. The molecule has 2 aromatic carbocycles. The molecule has 0 fully saturated rings. The highest BCUT2D eigenvalue weighted by Gasteiger charge is 2.37. The molecule has 0 saturated heterocycles. The molecule has 0 radical (unpaired) electrons. The second-order valence-electron chi connectivity index (χ2n) is 8.10. The number of nitrogens with zero attached hydrogens (tertiary/aromatic N) is 3. The number of fused-ring (bicyclic) bond motifs is 1. The number of benzene rings is 2. The number of nitrogens with one attached hydrogen (secondary N) is 1.